The Morgan fingerprint density at radius 3 is 2.24 bits per heavy atom. The Bertz CT molecular complexity index is 927. The molecule has 0 spiro atoms. The number of thioether (sulfide) groups is 1. The highest BCUT2D eigenvalue weighted by Crippen LogP contribution is 2.19. The number of hydrogen-bond acceptors (Lipinski definition) is 5. The number of carbonyl (C=O) groups is 2. The van der Waals surface area contributed by atoms with E-state index in [0.717, 1.165) is 11.1 Å². The maximum absolute atomic E-state index is 13.2. The number of carbonyl (C=O) groups excluding carboxylic acids is 2. The SMILES string of the molecule is CC[C@H](C(=O)NC(C)(C)C)N(CCc1ccccc1)C(=O)CSCc1ccc([N+](=O)[O-])cc1. The lowest BCUT2D eigenvalue weighted by molar-refractivity contribution is -0.384. The van der Waals surface area contributed by atoms with Crippen LogP contribution in [0.2, 0.25) is 0 Å². The molecule has 0 unspecified atom stereocenters. The van der Waals surface area contributed by atoms with E-state index in [-0.39, 0.29) is 28.8 Å². The van der Waals surface area contributed by atoms with Gasteiger partial charge in [0.1, 0.15) is 6.04 Å². The van der Waals surface area contributed by atoms with Gasteiger partial charge in [0.2, 0.25) is 11.8 Å². The van der Waals surface area contributed by atoms with Gasteiger partial charge in [0.05, 0.1) is 10.7 Å². The Balaban J connectivity index is 2.07. The van der Waals surface area contributed by atoms with Crippen molar-refractivity contribution in [2.24, 2.45) is 0 Å². The molecule has 1 N–H and O–H groups in total. The highest BCUT2D eigenvalue weighted by atomic mass is 32.2. The van der Waals surface area contributed by atoms with Gasteiger partial charge in [-0.15, -0.1) is 11.8 Å². The van der Waals surface area contributed by atoms with Gasteiger partial charge in [-0.25, -0.2) is 0 Å². The van der Waals surface area contributed by atoms with E-state index >= 15 is 0 Å². The molecule has 7 nitrogen and oxygen atoms in total. The first-order valence-electron chi connectivity index (χ1n) is 11.1. The first-order valence-corrected chi connectivity index (χ1v) is 12.2. The molecule has 0 aliphatic heterocycles. The normalized spacial score (nSPS) is 12.1. The molecular weight excluding hydrogens is 438 g/mol. The van der Waals surface area contributed by atoms with E-state index in [0.29, 0.717) is 25.1 Å². The van der Waals surface area contributed by atoms with Crippen molar-refractivity contribution < 1.29 is 14.5 Å². The minimum atomic E-state index is -0.541. The molecule has 0 heterocycles. The van der Waals surface area contributed by atoms with Crippen LogP contribution in [0.15, 0.2) is 54.6 Å². The highest BCUT2D eigenvalue weighted by molar-refractivity contribution is 7.99. The summed E-state index contributed by atoms with van der Waals surface area (Å²) in [7, 11) is 0. The number of hydrogen-bond donors (Lipinski definition) is 1. The Hall–Kier alpha value is -2.87. The highest BCUT2D eigenvalue weighted by Gasteiger charge is 2.30. The molecule has 2 amide bonds. The fraction of sp³-hybridized carbons (Fsp3) is 0.440. The molecule has 0 aliphatic rings. The van der Waals surface area contributed by atoms with Crippen LogP contribution in [-0.2, 0) is 21.8 Å². The van der Waals surface area contributed by atoms with Crippen molar-refractivity contribution in [2.75, 3.05) is 12.3 Å². The Morgan fingerprint density at radius 2 is 1.70 bits per heavy atom. The lowest BCUT2D eigenvalue weighted by Crippen LogP contribution is -2.54. The quantitative estimate of drug-likeness (QED) is 0.382. The first kappa shape index (κ1) is 26.4. The van der Waals surface area contributed by atoms with Crippen LogP contribution in [0.5, 0.6) is 0 Å². The molecular formula is C25H33N3O4S. The summed E-state index contributed by atoms with van der Waals surface area (Å²) in [6.07, 6.45) is 1.19. The van der Waals surface area contributed by atoms with E-state index in [1.54, 1.807) is 17.0 Å². The van der Waals surface area contributed by atoms with Crippen LogP contribution in [0.1, 0.15) is 45.2 Å². The monoisotopic (exact) mass is 471 g/mol. The van der Waals surface area contributed by atoms with Crippen LogP contribution in [-0.4, -0.2) is 45.5 Å². The second-order valence-electron chi connectivity index (χ2n) is 8.90. The third-order valence-corrected chi connectivity index (χ3v) is 6.00. The standard InChI is InChI=1S/C25H33N3O4S/c1-5-22(24(30)26-25(2,3)4)27(16-15-19-9-7-6-8-10-19)23(29)18-33-17-20-11-13-21(14-12-20)28(31)32/h6-14,22H,5,15-18H2,1-4H3,(H,26,30)/t22-/m1/s1. The molecule has 0 fully saturated rings. The molecule has 0 aliphatic carbocycles. The maximum atomic E-state index is 13.2. The number of benzene rings is 2. The molecule has 2 rings (SSSR count). The molecule has 0 radical (unpaired) electrons. The smallest absolute Gasteiger partial charge is 0.269 e. The summed E-state index contributed by atoms with van der Waals surface area (Å²) in [4.78, 5) is 38.2. The summed E-state index contributed by atoms with van der Waals surface area (Å²) in [6, 6.07) is 15.7. The Labute approximate surface area is 200 Å². The van der Waals surface area contributed by atoms with Crippen LogP contribution in [0.3, 0.4) is 0 Å². The topological polar surface area (TPSA) is 92.6 Å². The van der Waals surface area contributed by atoms with E-state index in [4.69, 9.17) is 0 Å². The minimum Gasteiger partial charge on any atom is -0.350 e. The molecule has 0 bridgehead atoms. The second-order valence-corrected chi connectivity index (χ2v) is 9.89. The summed E-state index contributed by atoms with van der Waals surface area (Å²) in [6.45, 7) is 8.14. The van der Waals surface area contributed by atoms with E-state index in [9.17, 15) is 19.7 Å². The molecule has 0 saturated carbocycles. The fourth-order valence-electron chi connectivity index (χ4n) is 3.40. The van der Waals surface area contributed by atoms with E-state index < -0.39 is 11.0 Å². The number of nitro groups is 1. The van der Waals surface area contributed by atoms with Crippen LogP contribution in [0, 0.1) is 10.1 Å². The predicted molar refractivity (Wildman–Crippen MR) is 133 cm³/mol. The second kappa shape index (κ2) is 12.4. The van der Waals surface area contributed by atoms with Gasteiger partial charge in [0, 0.05) is 30.0 Å². The molecule has 0 saturated heterocycles. The van der Waals surface area contributed by atoms with Gasteiger partial charge in [-0.3, -0.25) is 19.7 Å². The van der Waals surface area contributed by atoms with Gasteiger partial charge in [0.25, 0.3) is 5.69 Å². The summed E-state index contributed by atoms with van der Waals surface area (Å²) < 4.78 is 0. The first-order chi connectivity index (χ1) is 15.6. The summed E-state index contributed by atoms with van der Waals surface area (Å²) in [5.41, 5.74) is 1.68. The van der Waals surface area contributed by atoms with Gasteiger partial charge < -0.3 is 10.2 Å². The lowest BCUT2D eigenvalue weighted by atomic mass is 10.1. The van der Waals surface area contributed by atoms with Crippen molar-refractivity contribution >= 4 is 29.3 Å². The number of nitrogens with zero attached hydrogens (tertiary/aromatic N) is 2. The van der Waals surface area contributed by atoms with Gasteiger partial charge in [-0.1, -0.05) is 49.4 Å². The zero-order valence-corrected chi connectivity index (χ0v) is 20.6. The third kappa shape index (κ3) is 8.88. The maximum Gasteiger partial charge on any atom is 0.269 e. The van der Waals surface area contributed by atoms with Crippen molar-refractivity contribution in [2.45, 2.75) is 57.9 Å². The summed E-state index contributed by atoms with van der Waals surface area (Å²) in [5.74, 6) is 0.548. The van der Waals surface area contributed by atoms with Crippen molar-refractivity contribution in [3.63, 3.8) is 0 Å². The predicted octanol–water partition coefficient (Wildman–Crippen LogP) is 4.59. The molecule has 178 valence electrons. The van der Waals surface area contributed by atoms with Crippen LogP contribution >= 0.6 is 11.8 Å². The minimum absolute atomic E-state index is 0.0440. The van der Waals surface area contributed by atoms with E-state index in [1.165, 1.54) is 23.9 Å². The number of rotatable bonds is 11. The largest absolute Gasteiger partial charge is 0.350 e. The van der Waals surface area contributed by atoms with E-state index in [2.05, 4.69) is 5.32 Å². The number of non-ortho nitro benzene ring substituents is 1. The summed E-state index contributed by atoms with van der Waals surface area (Å²) >= 11 is 1.44. The molecule has 33 heavy (non-hydrogen) atoms. The Kier molecular flexibility index (Phi) is 9.91. The van der Waals surface area contributed by atoms with Crippen LogP contribution < -0.4 is 5.32 Å². The lowest BCUT2D eigenvalue weighted by Gasteiger charge is -2.33. The Morgan fingerprint density at radius 1 is 1.06 bits per heavy atom. The average molecular weight is 472 g/mol. The average Bonchev–Trinajstić information content (AvgIpc) is 2.76. The third-order valence-electron chi connectivity index (χ3n) is 5.01. The molecule has 2 aromatic rings. The molecule has 8 heteroatoms. The van der Waals surface area contributed by atoms with Crippen molar-refractivity contribution in [3.05, 3.63) is 75.8 Å². The zero-order chi connectivity index (χ0) is 24.4. The van der Waals surface area contributed by atoms with Gasteiger partial charge in [0.15, 0.2) is 0 Å². The molecule has 0 aromatic heterocycles. The number of amides is 2. The zero-order valence-electron chi connectivity index (χ0n) is 19.7. The van der Waals surface area contributed by atoms with Gasteiger partial charge in [-0.2, -0.15) is 0 Å². The van der Waals surface area contributed by atoms with Crippen LogP contribution in [0.4, 0.5) is 5.69 Å². The summed E-state index contributed by atoms with van der Waals surface area (Å²) in [5, 5.41) is 13.8. The van der Waals surface area contributed by atoms with Crippen molar-refractivity contribution in [1.29, 1.82) is 0 Å². The van der Waals surface area contributed by atoms with Crippen LogP contribution in [0.25, 0.3) is 0 Å². The van der Waals surface area contributed by atoms with E-state index in [1.807, 2.05) is 58.0 Å². The number of nitro benzene ring substituents is 1. The fourth-order valence-corrected chi connectivity index (χ4v) is 4.27. The number of nitrogens with one attached hydrogen (secondary N) is 1. The van der Waals surface area contributed by atoms with Crippen molar-refractivity contribution in [3.8, 4) is 0 Å². The van der Waals surface area contributed by atoms with Crippen molar-refractivity contribution in [1.82, 2.24) is 10.2 Å². The van der Waals surface area contributed by atoms with Gasteiger partial charge >= 0.3 is 0 Å². The van der Waals surface area contributed by atoms with Gasteiger partial charge in [-0.05, 0) is 44.7 Å². The molecule has 1 atom stereocenters. The molecule has 2 aromatic carbocycles.